The van der Waals surface area contributed by atoms with Crippen molar-refractivity contribution in [3.8, 4) is 56.2 Å². The van der Waals surface area contributed by atoms with E-state index in [4.69, 9.17) is 9.97 Å². The first-order valence-corrected chi connectivity index (χ1v) is 16.1. The average molecular weight is 602 g/mol. The van der Waals surface area contributed by atoms with Crippen molar-refractivity contribution in [3.63, 3.8) is 0 Å². The van der Waals surface area contributed by atoms with Gasteiger partial charge in [-0.3, -0.25) is 4.98 Å². The Bertz CT molecular complexity index is 2420. The van der Waals surface area contributed by atoms with Gasteiger partial charge in [0.15, 0.2) is 5.82 Å². The zero-order valence-electron chi connectivity index (χ0n) is 26.3. The summed E-state index contributed by atoms with van der Waals surface area (Å²) < 4.78 is 0. The van der Waals surface area contributed by atoms with E-state index in [2.05, 4.69) is 128 Å². The predicted octanol–water partition coefficient (Wildman–Crippen LogP) is 11.2. The molecule has 0 unspecified atom stereocenters. The second-order valence-corrected chi connectivity index (χ2v) is 12.9. The van der Waals surface area contributed by atoms with E-state index in [-0.39, 0.29) is 5.41 Å². The summed E-state index contributed by atoms with van der Waals surface area (Å²) in [6, 6.07) is 49.9. The van der Waals surface area contributed by atoms with Crippen LogP contribution in [0.4, 0.5) is 0 Å². The summed E-state index contributed by atoms with van der Waals surface area (Å²) in [5.41, 5.74) is 12.6. The summed E-state index contributed by atoms with van der Waals surface area (Å²) in [6.45, 7) is 4.75. The third-order valence-electron chi connectivity index (χ3n) is 9.76. The van der Waals surface area contributed by atoms with Crippen LogP contribution in [0, 0.1) is 0 Å². The summed E-state index contributed by atoms with van der Waals surface area (Å²) >= 11 is 0. The van der Waals surface area contributed by atoms with E-state index in [1.165, 1.54) is 54.9 Å². The number of hydrogen-bond donors (Lipinski definition) is 0. The van der Waals surface area contributed by atoms with E-state index in [1.54, 1.807) is 0 Å². The SMILES string of the molecule is CC1(C)c2cc3ccccc3cc2-c2cccc(-c3ccc(-c4cc(-c5ccncc5)nc(-c5ccccc5)n4)c4ccccc34)c21. The van der Waals surface area contributed by atoms with Gasteiger partial charge in [0.25, 0.3) is 0 Å². The first-order valence-electron chi connectivity index (χ1n) is 16.1. The van der Waals surface area contributed by atoms with Crippen molar-refractivity contribution >= 4 is 21.5 Å². The first-order chi connectivity index (χ1) is 23.1. The second-order valence-electron chi connectivity index (χ2n) is 12.9. The summed E-state index contributed by atoms with van der Waals surface area (Å²) in [5, 5.41) is 4.94. The Balaban J connectivity index is 1.25. The summed E-state index contributed by atoms with van der Waals surface area (Å²) in [7, 11) is 0. The van der Waals surface area contributed by atoms with Crippen LogP contribution in [-0.4, -0.2) is 15.0 Å². The fraction of sp³-hybridized carbons (Fsp3) is 0.0682. The zero-order valence-corrected chi connectivity index (χ0v) is 26.3. The summed E-state index contributed by atoms with van der Waals surface area (Å²) in [4.78, 5) is 14.4. The molecule has 8 aromatic rings. The highest BCUT2D eigenvalue weighted by molar-refractivity contribution is 6.07. The molecular formula is C44H31N3. The van der Waals surface area contributed by atoms with Gasteiger partial charge >= 0.3 is 0 Å². The molecule has 2 heterocycles. The quantitative estimate of drug-likeness (QED) is 0.201. The third-order valence-corrected chi connectivity index (χ3v) is 9.76. The molecule has 6 aromatic carbocycles. The largest absolute Gasteiger partial charge is 0.265 e. The highest BCUT2D eigenvalue weighted by Gasteiger charge is 2.38. The van der Waals surface area contributed by atoms with Crippen LogP contribution in [-0.2, 0) is 5.41 Å². The van der Waals surface area contributed by atoms with Crippen LogP contribution >= 0.6 is 0 Å². The molecule has 0 radical (unpaired) electrons. The van der Waals surface area contributed by atoms with Crippen LogP contribution in [0.3, 0.4) is 0 Å². The molecule has 0 amide bonds. The maximum atomic E-state index is 5.16. The standard InChI is InChI=1S/C44H31N3/c1-44(2)39-26-31-14-7-6-13-30(31)25-38(39)37-18-10-17-36(42(37)44)34-19-20-35(33-16-9-8-15-32(33)34)41-27-40(28-21-23-45-24-22-28)46-43(47-41)29-11-4-3-5-12-29/h3-27H,1-2H3. The lowest BCUT2D eigenvalue weighted by atomic mass is 9.78. The summed E-state index contributed by atoms with van der Waals surface area (Å²) in [6.07, 6.45) is 3.62. The van der Waals surface area contributed by atoms with Gasteiger partial charge in [0, 0.05) is 34.5 Å². The van der Waals surface area contributed by atoms with E-state index < -0.39 is 0 Å². The van der Waals surface area contributed by atoms with E-state index in [0.717, 1.165) is 28.1 Å². The van der Waals surface area contributed by atoms with Gasteiger partial charge in [-0.15, -0.1) is 0 Å². The molecule has 0 aliphatic heterocycles. The fourth-order valence-electron chi connectivity index (χ4n) is 7.52. The molecule has 0 atom stereocenters. The molecule has 0 saturated heterocycles. The number of nitrogens with zero attached hydrogens (tertiary/aromatic N) is 3. The Morgan fingerprint density at radius 1 is 0.447 bits per heavy atom. The molecule has 0 N–H and O–H groups in total. The Morgan fingerprint density at radius 2 is 1.06 bits per heavy atom. The minimum atomic E-state index is -0.151. The second kappa shape index (κ2) is 10.6. The van der Waals surface area contributed by atoms with Crippen LogP contribution in [0.1, 0.15) is 25.0 Å². The molecule has 1 aliphatic rings. The molecule has 0 saturated carbocycles. The van der Waals surface area contributed by atoms with Gasteiger partial charge in [-0.2, -0.15) is 0 Å². The fourth-order valence-corrected chi connectivity index (χ4v) is 7.52. The van der Waals surface area contributed by atoms with Crippen molar-refractivity contribution in [2.24, 2.45) is 0 Å². The van der Waals surface area contributed by atoms with Crippen LogP contribution in [0.5, 0.6) is 0 Å². The van der Waals surface area contributed by atoms with Crippen LogP contribution in [0.25, 0.3) is 77.7 Å². The van der Waals surface area contributed by atoms with Crippen molar-refractivity contribution in [1.29, 1.82) is 0 Å². The van der Waals surface area contributed by atoms with E-state index in [0.29, 0.717) is 5.82 Å². The van der Waals surface area contributed by atoms with Crippen molar-refractivity contribution in [2.75, 3.05) is 0 Å². The van der Waals surface area contributed by atoms with E-state index in [9.17, 15) is 0 Å². The number of rotatable bonds is 4. The molecule has 0 fully saturated rings. The van der Waals surface area contributed by atoms with Gasteiger partial charge in [0.05, 0.1) is 11.4 Å². The van der Waals surface area contributed by atoms with E-state index >= 15 is 0 Å². The average Bonchev–Trinajstić information content (AvgIpc) is 3.36. The lowest BCUT2D eigenvalue weighted by Crippen LogP contribution is -2.16. The van der Waals surface area contributed by atoms with Crippen molar-refractivity contribution in [3.05, 3.63) is 163 Å². The van der Waals surface area contributed by atoms with Crippen molar-refractivity contribution in [1.82, 2.24) is 15.0 Å². The van der Waals surface area contributed by atoms with Crippen LogP contribution in [0.15, 0.2) is 152 Å². The maximum Gasteiger partial charge on any atom is 0.160 e. The van der Waals surface area contributed by atoms with E-state index in [1.807, 2.05) is 42.7 Å². The number of hydrogen-bond acceptors (Lipinski definition) is 3. The Hall–Kier alpha value is -5.93. The minimum Gasteiger partial charge on any atom is -0.265 e. The smallest absolute Gasteiger partial charge is 0.160 e. The van der Waals surface area contributed by atoms with Crippen LogP contribution < -0.4 is 0 Å². The maximum absolute atomic E-state index is 5.16. The molecule has 1 aliphatic carbocycles. The molecule has 9 rings (SSSR count). The number of aromatic nitrogens is 3. The highest BCUT2D eigenvalue weighted by atomic mass is 14.9. The summed E-state index contributed by atoms with van der Waals surface area (Å²) in [5.74, 6) is 0.704. The Labute approximate surface area is 274 Å². The van der Waals surface area contributed by atoms with Crippen molar-refractivity contribution in [2.45, 2.75) is 19.3 Å². The molecule has 222 valence electrons. The monoisotopic (exact) mass is 601 g/mol. The molecule has 47 heavy (non-hydrogen) atoms. The van der Waals surface area contributed by atoms with Gasteiger partial charge in [-0.1, -0.05) is 123 Å². The van der Waals surface area contributed by atoms with Gasteiger partial charge in [-0.25, -0.2) is 9.97 Å². The molecule has 0 bridgehead atoms. The minimum absolute atomic E-state index is 0.151. The highest BCUT2D eigenvalue weighted by Crippen LogP contribution is 2.54. The molecular weight excluding hydrogens is 571 g/mol. The van der Waals surface area contributed by atoms with Crippen molar-refractivity contribution < 1.29 is 0 Å². The number of pyridine rings is 1. The number of fused-ring (bicyclic) bond motifs is 5. The number of benzene rings is 6. The first kappa shape index (κ1) is 27.4. The topological polar surface area (TPSA) is 38.7 Å². The molecule has 3 heteroatoms. The van der Waals surface area contributed by atoms with Gasteiger partial charge < -0.3 is 0 Å². The molecule has 0 spiro atoms. The van der Waals surface area contributed by atoms with Gasteiger partial charge in [0.1, 0.15) is 0 Å². The molecule has 2 aromatic heterocycles. The molecule has 3 nitrogen and oxygen atoms in total. The lowest BCUT2D eigenvalue weighted by Gasteiger charge is -2.25. The Kier molecular flexibility index (Phi) is 6.16. The lowest BCUT2D eigenvalue weighted by molar-refractivity contribution is 0.663. The zero-order chi connectivity index (χ0) is 31.5. The van der Waals surface area contributed by atoms with Crippen LogP contribution in [0.2, 0.25) is 0 Å². The van der Waals surface area contributed by atoms with Gasteiger partial charge in [-0.05, 0) is 85.3 Å². The van der Waals surface area contributed by atoms with Gasteiger partial charge in [0.2, 0.25) is 0 Å². The normalized spacial score (nSPS) is 13.1. The predicted molar refractivity (Wildman–Crippen MR) is 194 cm³/mol. The third kappa shape index (κ3) is 4.39. The Morgan fingerprint density at radius 3 is 1.83 bits per heavy atom.